The average Bonchev–Trinajstić information content (AvgIpc) is 2.79. The molecule has 0 radical (unpaired) electrons. The summed E-state index contributed by atoms with van der Waals surface area (Å²) in [5.41, 5.74) is 6.53. The third-order valence-corrected chi connectivity index (χ3v) is 5.19. The van der Waals surface area contributed by atoms with Gasteiger partial charge in [0.05, 0.1) is 17.7 Å². The van der Waals surface area contributed by atoms with Crippen molar-refractivity contribution in [3.8, 4) is 0 Å². The molecule has 0 aliphatic carbocycles. The molecule has 3 N–H and O–H groups in total. The highest BCUT2D eigenvalue weighted by Gasteiger charge is 2.20. The van der Waals surface area contributed by atoms with Crippen LogP contribution < -0.4 is 11.1 Å². The minimum absolute atomic E-state index is 0.375. The summed E-state index contributed by atoms with van der Waals surface area (Å²) in [4.78, 5) is 15.4. The molecule has 5 nitrogen and oxygen atoms in total. The van der Waals surface area contributed by atoms with Crippen LogP contribution in [0.15, 0.2) is 4.90 Å². The minimum atomic E-state index is -0.375. The van der Waals surface area contributed by atoms with E-state index in [4.69, 9.17) is 10.5 Å². The van der Waals surface area contributed by atoms with E-state index >= 15 is 0 Å². The fraction of sp³-hybridized carbons (Fsp3) is 0.615. The number of rotatable bonds is 8. The van der Waals surface area contributed by atoms with Gasteiger partial charge in [-0.3, -0.25) is 0 Å². The SMILES string of the molecule is CCN(CC)CCNc1sc(C(=O)OC)c(N)c1SC. The van der Waals surface area contributed by atoms with E-state index in [1.165, 1.54) is 18.4 Å². The summed E-state index contributed by atoms with van der Waals surface area (Å²) < 4.78 is 4.75. The van der Waals surface area contributed by atoms with Crippen molar-refractivity contribution in [2.24, 2.45) is 0 Å². The number of thioether (sulfide) groups is 1. The molecule has 1 aromatic heterocycles. The number of likely N-dealkylation sites (N-methyl/N-ethyl adjacent to an activating group) is 1. The molecule has 1 rings (SSSR count). The predicted octanol–water partition coefficient (Wildman–Crippen LogP) is 2.59. The number of nitrogens with two attached hydrogens (primary N) is 1. The summed E-state index contributed by atoms with van der Waals surface area (Å²) in [5, 5.41) is 4.32. The number of methoxy groups -OCH3 is 1. The molecule has 114 valence electrons. The predicted molar refractivity (Wildman–Crippen MR) is 88.1 cm³/mol. The van der Waals surface area contributed by atoms with Crippen molar-refractivity contribution in [2.75, 3.05) is 50.6 Å². The summed E-state index contributed by atoms with van der Waals surface area (Å²) >= 11 is 2.90. The maximum absolute atomic E-state index is 11.7. The average molecular weight is 317 g/mol. The molecule has 20 heavy (non-hydrogen) atoms. The van der Waals surface area contributed by atoms with Crippen molar-refractivity contribution in [3.05, 3.63) is 4.88 Å². The Balaban J connectivity index is 2.77. The van der Waals surface area contributed by atoms with E-state index in [9.17, 15) is 4.79 Å². The Bertz CT molecular complexity index is 445. The maximum atomic E-state index is 11.7. The molecule has 0 fully saturated rings. The van der Waals surface area contributed by atoms with Crippen molar-refractivity contribution >= 4 is 39.8 Å². The normalized spacial score (nSPS) is 10.8. The van der Waals surface area contributed by atoms with Crippen LogP contribution in [-0.4, -0.2) is 50.4 Å². The second-order valence-corrected chi connectivity index (χ2v) is 5.99. The van der Waals surface area contributed by atoms with Gasteiger partial charge in [0.25, 0.3) is 0 Å². The van der Waals surface area contributed by atoms with Gasteiger partial charge >= 0.3 is 5.97 Å². The highest BCUT2D eigenvalue weighted by atomic mass is 32.2. The standard InChI is InChI=1S/C13H23N3O2S2/c1-5-16(6-2)8-7-15-12-10(19-4)9(14)11(20-12)13(17)18-3/h15H,5-8,14H2,1-4H3. The lowest BCUT2D eigenvalue weighted by Gasteiger charge is -2.18. The van der Waals surface area contributed by atoms with Crippen LogP contribution in [0, 0.1) is 0 Å². The number of ether oxygens (including phenoxy) is 1. The van der Waals surface area contributed by atoms with Crippen LogP contribution in [-0.2, 0) is 4.74 Å². The molecular weight excluding hydrogens is 294 g/mol. The summed E-state index contributed by atoms with van der Waals surface area (Å²) in [6.45, 7) is 8.16. The van der Waals surface area contributed by atoms with Crippen LogP contribution in [0.4, 0.5) is 10.7 Å². The van der Waals surface area contributed by atoms with Crippen LogP contribution in [0.3, 0.4) is 0 Å². The van der Waals surface area contributed by atoms with Gasteiger partial charge < -0.3 is 20.7 Å². The van der Waals surface area contributed by atoms with Crippen LogP contribution in [0.2, 0.25) is 0 Å². The maximum Gasteiger partial charge on any atom is 0.350 e. The number of nitrogens with one attached hydrogen (secondary N) is 1. The molecule has 0 aliphatic rings. The molecule has 0 aromatic carbocycles. The summed E-state index contributed by atoms with van der Waals surface area (Å²) in [6, 6.07) is 0. The summed E-state index contributed by atoms with van der Waals surface area (Å²) in [7, 11) is 1.37. The monoisotopic (exact) mass is 317 g/mol. The molecule has 0 bridgehead atoms. The van der Waals surface area contributed by atoms with E-state index < -0.39 is 0 Å². The van der Waals surface area contributed by atoms with Gasteiger partial charge in [0.2, 0.25) is 0 Å². The van der Waals surface area contributed by atoms with Crippen molar-refractivity contribution < 1.29 is 9.53 Å². The fourth-order valence-electron chi connectivity index (χ4n) is 1.86. The molecule has 0 unspecified atom stereocenters. The molecular formula is C13H23N3O2S2. The molecule has 0 aliphatic heterocycles. The highest BCUT2D eigenvalue weighted by molar-refractivity contribution is 7.99. The first-order chi connectivity index (χ1) is 9.58. The van der Waals surface area contributed by atoms with Gasteiger partial charge in [-0.2, -0.15) is 0 Å². The Morgan fingerprint density at radius 1 is 1.45 bits per heavy atom. The first-order valence-corrected chi connectivity index (χ1v) is 8.63. The van der Waals surface area contributed by atoms with E-state index in [1.54, 1.807) is 11.8 Å². The van der Waals surface area contributed by atoms with Gasteiger partial charge in [0.15, 0.2) is 0 Å². The Morgan fingerprint density at radius 2 is 2.10 bits per heavy atom. The Kier molecular flexibility index (Phi) is 7.18. The second kappa shape index (κ2) is 8.39. The summed E-state index contributed by atoms with van der Waals surface area (Å²) in [5.74, 6) is -0.375. The molecule has 1 heterocycles. The molecule has 0 amide bonds. The number of hydrogen-bond acceptors (Lipinski definition) is 7. The van der Waals surface area contributed by atoms with Crippen molar-refractivity contribution in [2.45, 2.75) is 18.7 Å². The van der Waals surface area contributed by atoms with E-state index in [0.717, 1.165) is 36.1 Å². The number of esters is 1. The Labute approximate surface area is 128 Å². The van der Waals surface area contributed by atoms with Crippen LogP contribution in [0.1, 0.15) is 23.5 Å². The zero-order chi connectivity index (χ0) is 15.1. The Morgan fingerprint density at radius 3 is 2.60 bits per heavy atom. The summed E-state index contributed by atoms with van der Waals surface area (Å²) in [6.07, 6.45) is 1.95. The quantitative estimate of drug-likeness (QED) is 0.567. The van der Waals surface area contributed by atoms with E-state index in [2.05, 4.69) is 24.1 Å². The molecule has 0 atom stereocenters. The third kappa shape index (κ3) is 4.04. The van der Waals surface area contributed by atoms with E-state index in [1.807, 2.05) is 6.26 Å². The number of carbonyl (C=O) groups excluding carboxylic acids is 1. The zero-order valence-corrected chi connectivity index (χ0v) is 14.1. The van der Waals surface area contributed by atoms with Crippen molar-refractivity contribution in [3.63, 3.8) is 0 Å². The van der Waals surface area contributed by atoms with Crippen LogP contribution in [0.25, 0.3) is 0 Å². The van der Waals surface area contributed by atoms with Gasteiger partial charge in [-0.15, -0.1) is 23.1 Å². The first-order valence-electron chi connectivity index (χ1n) is 6.59. The minimum Gasteiger partial charge on any atom is -0.465 e. The van der Waals surface area contributed by atoms with Gasteiger partial charge in [-0.1, -0.05) is 13.8 Å². The number of carbonyl (C=O) groups is 1. The van der Waals surface area contributed by atoms with Gasteiger partial charge in [0.1, 0.15) is 9.88 Å². The lowest BCUT2D eigenvalue weighted by molar-refractivity contribution is 0.0607. The van der Waals surface area contributed by atoms with Gasteiger partial charge in [-0.25, -0.2) is 4.79 Å². The second-order valence-electron chi connectivity index (χ2n) is 4.15. The van der Waals surface area contributed by atoms with E-state index in [0.29, 0.717) is 10.6 Å². The first kappa shape index (κ1) is 17.1. The van der Waals surface area contributed by atoms with Crippen LogP contribution >= 0.6 is 23.1 Å². The molecule has 7 heteroatoms. The Hall–Kier alpha value is -0.920. The number of hydrogen-bond donors (Lipinski definition) is 2. The van der Waals surface area contributed by atoms with Crippen molar-refractivity contribution in [1.29, 1.82) is 0 Å². The van der Waals surface area contributed by atoms with Gasteiger partial charge in [0, 0.05) is 13.1 Å². The molecule has 0 saturated heterocycles. The fourth-order valence-corrected chi connectivity index (χ4v) is 3.84. The highest BCUT2D eigenvalue weighted by Crippen LogP contribution is 2.41. The molecule has 0 spiro atoms. The number of thiophene rings is 1. The number of nitrogen functional groups attached to an aromatic ring is 1. The third-order valence-electron chi connectivity index (χ3n) is 3.08. The number of anilines is 2. The number of nitrogens with zero attached hydrogens (tertiary/aromatic N) is 1. The largest absolute Gasteiger partial charge is 0.465 e. The van der Waals surface area contributed by atoms with Gasteiger partial charge in [-0.05, 0) is 19.3 Å². The van der Waals surface area contributed by atoms with E-state index in [-0.39, 0.29) is 5.97 Å². The zero-order valence-electron chi connectivity index (χ0n) is 12.5. The molecule has 0 saturated carbocycles. The lowest BCUT2D eigenvalue weighted by atomic mass is 10.4. The molecule has 1 aromatic rings. The smallest absolute Gasteiger partial charge is 0.350 e. The van der Waals surface area contributed by atoms with Crippen LogP contribution in [0.5, 0.6) is 0 Å². The van der Waals surface area contributed by atoms with Crippen molar-refractivity contribution in [1.82, 2.24) is 4.90 Å². The topological polar surface area (TPSA) is 67.6 Å². The lowest BCUT2D eigenvalue weighted by Crippen LogP contribution is -2.28.